The fourth-order valence-corrected chi connectivity index (χ4v) is 1.26. The molecule has 0 radical (unpaired) electrons. The number of aliphatic carboxylic acids is 1. The predicted octanol–water partition coefficient (Wildman–Crippen LogP) is 1.93. The topological polar surface area (TPSA) is 57.5 Å². The lowest BCUT2D eigenvalue weighted by molar-refractivity contribution is -0.132. The predicted molar refractivity (Wildman–Crippen MR) is 58.4 cm³/mol. The Labute approximate surface area is 88.7 Å². The number of hydrogen-bond donors (Lipinski definition) is 2. The maximum atomic E-state index is 10.9. The molecule has 0 fully saturated rings. The quantitative estimate of drug-likeness (QED) is 0.724. The highest BCUT2D eigenvalue weighted by molar-refractivity contribution is 5.92. The third-order valence-electron chi connectivity index (χ3n) is 2.02. The molecular weight excluding hydrogens is 192 g/mol. The summed E-state index contributed by atoms with van der Waals surface area (Å²) in [5.74, 6) is -0.924. The second-order valence-corrected chi connectivity index (χ2v) is 3.21. The van der Waals surface area contributed by atoms with E-state index in [0.29, 0.717) is 18.4 Å². The van der Waals surface area contributed by atoms with Gasteiger partial charge in [-0.25, -0.2) is 4.79 Å². The van der Waals surface area contributed by atoms with Crippen molar-refractivity contribution in [2.75, 3.05) is 6.61 Å². The van der Waals surface area contributed by atoms with Gasteiger partial charge in [-0.3, -0.25) is 0 Å². The van der Waals surface area contributed by atoms with Crippen LogP contribution in [-0.4, -0.2) is 22.8 Å². The van der Waals surface area contributed by atoms with E-state index in [4.69, 9.17) is 10.2 Å². The van der Waals surface area contributed by atoms with Crippen LogP contribution in [0.1, 0.15) is 18.4 Å². The third-order valence-corrected chi connectivity index (χ3v) is 2.02. The van der Waals surface area contributed by atoms with Gasteiger partial charge in [-0.15, -0.1) is 0 Å². The van der Waals surface area contributed by atoms with Gasteiger partial charge in [0, 0.05) is 12.2 Å². The minimum atomic E-state index is -0.924. The molecule has 80 valence electrons. The van der Waals surface area contributed by atoms with Crippen LogP contribution in [0, 0.1) is 0 Å². The highest BCUT2D eigenvalue weighted by Gasteiger charge is 2.06. The van der Waals surface area contributed by atoms with Crippen LogP contribution < -0.4 is 0 Å². The van der Waals surface area contributed by atoms with Gasteiger partial charge in [-0.1, -0.05) is 30.3 Å². The maximum Gasteiger partial charge on any atom is 0.331 e. The molecule has 0 atom stereocenters. The number of carboxylic acids is 1. The van der Waals surface area contributed by atoms with Gasteiger partial charge in [0.25, 0.3) is 0 Å². The van der Waals surface area contributed by atoms with Crippen molar-refractivity contribution in [1.29, 1.82) is 0 Å². The number of aliphatic hydroxyl groups excluding tert-OH is 1. The summed E-state index contributed by atoms with van der Waals surface area (Å²) in [6.07, 6.45) is 2.50. The molecule has 1 rings (SSSR count). The molecule has 0 aliphatic rings. The third kappa shape index (κ3) is 3.95. The summed E-state index contributed by atoms with van der Waals surface area (Å²) >= 11 is 0. The summed E-state index contributed by atoms with van der Waals surface area (Å²) in [6, 6.07) is 9.30. The molecule has 0 unspecified atom stereocenters. The Hall–Kier alpha value is -1.61. The molecule has 3 heteroatoms. The van der Waals surface area contributed by atoms with E-state index in [1.807, 2.05) is 30.3 Å². The minimum absolute atomic E-state index is 0.0133. The number of hydrogen-bond acceptors (Lipinski definition) is 2. The summed E-state index contributed by atoms with van der Waals surface area (Å²) < 4.78 is 0. The zero-order valence-corrected chi connectivity index (χ0v) is 8.39. The smallest absolute Gasteiger partial charge is 0.331 e. The van der Waals surface area contributed by atoms with Gasteiger partial charge in [0.15, 0.2) is 0 Å². The van der Waals surface area contributed by atoms with Gasteiger partial charge in [0.2, 0.25) is 0 Å². The van der Waals surface area contributed by atoms with E-state index in [1.165, 1.54) is 0 Å². The van der Waals surface area contributed by atoms with E-state index < -0.39 is 5.97 Å². The molecule has 0 spiro atoms. The first-order valence-electron chi connectivity index (χ1n) is 4.84. The largest absolute Gasteiger partial charge is 0.478 e. The Balaban J connectivity index is 2.79. The highest BCUT2D eigenvalue weighted by atomic mass is 16.4. The van der Waals surface area contributed by atoms with Gasteiger partial charge < -0.3 is 10.2 Å². The Morgan fingerprint density at radius 2 is 1.93 bits per heavy atom. The van der Waals surface area contributed by atoms with Crippen molar-refractivity contribution < 1.29 is 15.0 Å². The SMILES string of the molecule is O=C(O)C(=Cc1ccccc1)CCCO. The van der Waals surface area contributed by atoms with E-state index in [-0.39, 0.29) is 6.61 Å². The van der Waals surface area contributed by atoms with Gasteiger partial charge >= 0.3 is 5.97 Å². The van der Waals surface area contributed by atoms with Crippen LogP contribution in [0.5, 0.6) is 0 Å². The van der Waals surface area contributed by atoms with Crippen LogP contribution in [0.3, 0.4) is 0 Å². The molecule has 0 heterocycles. The molecule has 0 aromatic heterocycles. The zero-order valence-electron chi connectivity index (χ0n) is 8.39. The van der Waals surface area contributed by atoms with Gasteiger partial charge in [0.05, 0.1) is 0 Å². The Kier molecular flexibility index (Phi) is 4.57. The van der Waals surface area contributed by atoms with Crippen LogP contribution in [0.4, 0.5) is 0 Å². The fourth-order valence-electron chi connectivity index (χ4n) is 1.26. The van der Waals surface area contributed by atoms with Gasteiger partial charge in [0.1, 0.15) is 0 Å². The molecular formula is C12H14O3. The molecule has 1 aromatic carbocycles. The summed E-state index contributed by atoms with van der Waals surface area (Å²) in [5, 5.41) is 17.6. The molecule has 0 amide bonds. The lowest BCUT2D eigenvalue weighted by Gasteiger charge is -2.00. The summed E-state index contributed by atoms with van der Waals surface area (Å²) in [7, 11) is 0. The van der Waals surface area contributed by atoms with E-state index >= 15 is 0 Å². The second-order valence-electron chi connectivity index (χ2n) is 3.21. The van der Waals surface area contributed by atoms with Gasteiger partial charge in [-0.05, 0) is 24.5 Å². The fraction of sp³-hybridized carbons (Fsp3) is 0.250. The number of aliphatic hydroxyl groups is 1. The van der Waals surface area contributed by atoms with E-state index in [1.54, 1.807) is 6.08 Å². The molecule has 0 aliphatic heterocycles. The van der Waals surface area contributed by atoms with E-state index in [2.05, 4.69) is 0 Å². The Bertz CT molecular complexity index is 341. The molecule has 3 nitrogen and oxygen atoms in total. The highest BCUT2D eigenvalue weighted by Crippen LogP contribution is 2.11. The monoisotopic (exact) mass is 206 g/mol. The molecule has 0 saturated carbocycles. The van der Waals surface area contributed by atoms with Crippen molar-refractivity contribution in [2.24, 2.45) is 0 Å². The lowest BCUT2D eigenvalue weighted by Crippen LogP contribution is -2.01. The molecule has 0 saturated heterocycles. The average Bonchev–Trinajstić information content (AvgIpc) is 2.25. The second kappa shape index (κ2) is 5.98. The molecule has 2 N–H and O–H groups in total. The van der Waals surface area contributed by atoms with Crippen LogP contribution >= 0.6 is 0 Å². The molecule has 15 heavy (non-hydrogen) atoms. The van der Waals surface area contributed by atoms with Crippen molar-refractivity contribution in [1.82, 2.24) is 0 Å². The van der Waals surface area contributed by atoms with Crippen LogP contribution in [0.15, 0.2) is 35.9 Å². The first-order chi connectivity index (χ1) is 7.24. The minimum Gasteiger partial charge on any atom is -0.478 e. The molecule has 1 aromatic rings. The van der Waals surface area contributed by atoms with Crippen molar-refractivity contribution >= 4 is 12.0 Å². The van der Waals surface area contributed by atoms with Crippen molar-refractivity contribution in [3.05, 3.63) is 41.5 Å². The van der Waals surface area contributed by atoms with Crippen LogP contribution in [0.2, 0.25) is 0 Å². The summed E-state index contributed by atoms with van der Waals surface area (Å²) in [4.78, 5) is 10.9. The Morgan fingerprint density at radius 3 is 2.47 bits per heavy atom. The number of carboxylic acid groups (broad SMARTS) is 1. The van der Waals surface area contributed by atoms with Crippen molar-refractivity contribution in [2.45, 2.75) is 12.8 Å². The number of carbonyl (C=O) groups is 1. The molecule has 0 bridgehead atoms. The number of benzene rings is 1. The van der Waals surface area contributed by atoms with E-state index in [0.717, 1.165) is 5.56 Å². The van der Waals surface area contributed by atoms with Crippen molar-refractivity contribution in [3.63, 3.8) is 0 Å². The summed E-state index contributed by atoms with van der Waals surface area (Å²) in [6.45, 7) is 0.0133. The average molecular weight is 206 g/mol. The first-order valence-corrected chi connectivity index (χ1v) is 4.84. The standard InChI is InChI=1S/C12H14O3/c13-8-4-7-11(12(14)15)9-10-5-2-1-3-6-10/h1-3,5-6,9,13H,4,7-8H2,(H,14,15). The lowest BCUT2D eigenvalue weighted by atomic mass is 10.1. The number of rotatable bonds is 5. The van der Waals surface area contributed by atoms with Crippen molar-refractivity contribution in [3.8, 4) is 0 Å². The van der Waals surface area contributed by atoms with Crippen LogP contribution in [-0.2, 0) is 4.79 Å². The Morgan fingerprint density at radius 1 is 1.27 bits per heavy atom. The van der Waals surface area contributed by atoms with Gasteiger partial charge in [-0.2, -0.15) is 0 Å². The van der Waals surface area contributed by atoms with E-state index in [9.17, 15) is 4.79 Å². The normalized spacial score (nSPS) is 11.4. The first kappa shape index (κ1) is 11.5. The van der Waals surface area contributed by atoms with Crippen LogP contribution in [0.25, 0.3) is 6.08 Å². The zero-order chi connectivity index (χ0) is 11.1. The molecule has 0 aliphatic carbocycles. The summed E-state index contributed by atoms with van der Waals surface area (Å²) in [5.41, 5.74) is 1.20. The maximum absolute atomic E-state index is 10.9.